The number of nitrogens with one attached hydrogen (secondary N) is 1. The number of anilines is 1. The summed E-state index contributed by atoms with van der Waals surface area (Å²) in [6.45, 7) is 4.14. The van der Waals surface area contributed by atoms with E-state index in [2.05, 4.69) is 5.10 Å². The SMILES string of the molecule is CC(C)(C)S(=O)(=O)NC(=O)c1cnn2ccc(N3C[C@@H](F)CC3c3cccc(F)c3)c(F)c12. The van der Waals surface area contributed by atoms with E-state index in [1.807, 2.05) is 4.72 Å². The molecule has 0 aliphatic carbocycles. The Balaban J connectivity index is 1.76. The van der Waals surface area contributed by atoms with Crippen molar-refractivity contribution in [2.75, 3.05) is 11.4 Å². The highest BCUT2D eigenvalue weighted by Crippen LogP contribution is 2.39. The van der Waals surface area contributed by atoms with Gasteiger partial charge in [0.25, 0.3) is 5.91 Å². The molecule has 33 heavy (non-hydrogen) atoms. The van der Waals surface area contributed by atoms with Crippen molar-refractivity contribution in [3.05, 3.63) is 65.5 Å². The van der Waals surface area contributed by atoms with E-state index in [0.29, 0.717) is 5.56 Å². The van der Waals surface area contributed by atoms with Crippen LogP contribution < -0.4 is 9.62 Å². The summed E-state index contributed by atoms with van der Waals surface area (Å²) < 4.78 is 70.4. The number of aromatic nitrogens is 2. The van der Waals surface area contributed by atoms with E-state index < -0.39 is 44.5 Å². The smallest absolute Gasteiger partial charge is 0.268 e. The molecule has 1 N–H and O–H groups in total. The zero-order chi connectivity index (χ0) is 24.1. The van der Waals surface area contributed by atoms with Gasteiger partial charge in [-0.25, -0.2) is 30.8 Å². The first-order valence-corrected chi connectivity index (χ1v) is 11.8. The maximum atomic E-state index is 15.7. The third kappa shape index (κ3) is 4.17. The number of carbonyl (C=O) groups is 1. The van der Waals surface area contributed by atoms with E-state index >= 15 is 4.39 Å². The average Bonchev–Trinajstić information content (AvgIpc) is 3.31. The minimum absolute atomic E-state index is 0.00476. The van der Waals surface area contributed by atoms with E-state index in [1.165, 1.54) is 56.1 Å². The van der Waals surface area contributed by atoms with Crippen molar-refractivity contribution >= 4 is 27.1 Å². The fraction of sp³-hybridized carbons (Fsp3) is 0.364. The number of amides is 1. The Kier molecular flexibility index (Phi) is 5.63. The van der Waals surface area contributed by atoms with E-state index in [9.17, 15) is 22.0 Å². The zero-order valence-electron chi connectivity index (χ0n) is 18.2. The number of alkyl halides is 1. The molecule has 1 saturated heterocycles. The van der Waals surface area contributed by atoms with Crippen LogP contribution in [-0.4, -0.2) is 41.4 Å². The molecule has 2 aromatic heterocycles. The molecule has 1 aliphatic heterocycles. The minimum atomic E-state index is -4.04. The quantitative estimate of drug-likeness (QED) is 0.615. The van der Waals surface area contributed by atoms with Gasteiger partial charge in [0.1, 0.15) is 17.5 Å². The number of benzene rings is 1. The van der Waals surface area contributed by atoms with Gasteiger partial charge in [0, 0.05) is 19.2 Å². The van der Waals surface area contributed by atoms with Crippen LogP contribution in [0.3, 0.4) is 0 Å². The first kappa shape index (κ1) is 23.1. The predicted octanol–water partition coefficient (Wildman–Crippen LogP) is 3.76. The number of rotatable bonds is 4. The van der Waals surface area contributed by atoms with Crippen molar-refractivity contribution in [1.29, 1.82) is 0 Å². The molecule has 1 aromatic carbocycles. The van der Waals surface area contributed by atoms with Crippen LogP contribution in [0.25, 0.3) is 5.52 Å². The first-order chi connectivity index (χ1) is 15.4. The van der Waals surface area contributed by atoms with Crippen molar-refractivity contribution in [3.8, 4) is 0 Å². The lowest BCUT2D eigenvalue weighted by atomic mass is 10.0. The number of carbonyl (C=O) groups excluding carboxylic acids is 1. The van der Waals surface area contributed by atoms with Crippen LogP contribution in [0.5, 0.6) is 0 Å². The van der Waals surface area contributed by atoms with Gasteiger partial charge in [0.05, 0.1) is 28.2 Å². The molecular weight excluding hydrogens is 457 g/mol. The number of nitrogens with zero attached hydrogens (tertiary/aromatic N) is 3. The summed E-state index contributed by atoms with van der Waals surface area (Å²) in [5.41, 5.74) is -0.0165. The molecule has 1 unspecified atom stereocenters. The second kappa shape index (κ2) is 8.05. The summed E-state index contributed by atoms with van der Waals surface area (Å²) in [5, 5.41) is 3.94. The van der Waals surface area contributed by atoms with Crippen LogP contribution >= 0.6 is 0 Å². The Hall–Kier alpha value is -3.08. The Morgan fingerprint density at radius 2 is 1.94 bits per heavy atom. The van der Waals surface area contributed by atoms with Crippen molar-refractivity contribution < 1.29 is 26.4 Å². The number of hydrogen-bond acceptors (Lipinski definition) is 5. The normalized spacial score (nSPS) is 19.3. The lowest BCUT2D eigenvalue weighted by Crippen LogP contribution is -2.42. The molecule has 1 amide bonds. The van der Waals surface area contributed by atoms with Crippen LogP contribution in [0, 0.1) is 11.6 Å². The van der Waals surface area contributed by atoms with Gasteiger partial charge in [-0.2, -0.15) is 5.10 Å². The summed E-state index contributed by atoms with van der Waals surface area (Å²) in [6, 6.07) is 6.47. The second-order valence-corrected chi connectivity index (χ2v) is 11.4. The van der Waals surface area contributed by atoms with Crippen LogP contribution in [0.15, 0.2) is 42.7 Å². The van der Waals surface area contributed by atoms with Gasteiger partial charge < -0.3 is 4.90 Å². The van der Waals surface area contributed by atoms with Crippen molar-refractivity contribution in [3.63, 3.8) is 0 Å². The van der Waals surface area contributed by atoms with E-state index in [1.54, 1.807) is 6.07 Å². The molecule has 3 heterocycles. The summed E-state index contributed by atoms with van der Waals surface area (Å²) >= 11 is 0. The molecule has 4 rings (SSSR count). The van der Waals surface area contributed by atoms with Gasteiger partial charge >= 0.3 is 0 Å². The van der Waals surface area contributed by atoms with Gasteiger partial charge in [0.15, 0.2) is 5.82 Å². The lowest BCUT2D eigenvalue weighted by molar-refractivity contribution is 0.0982. The Morgan fingerprint density at radius 3 is 2.61 bits per heavy atom. The van der Waals surface area contributed by atoms with Crippen LogP contribution in [0.1, 0.15) is 49.2 Å². The third-order valence-corrected chi connectivity index (χ3v) is 7.74. The zero-order valence-corrected chi connectivity index (χ0v) is 19.0. The topological polar surface area (TPSA) is 83.8 Å². The minimum Gasteiger partial charge on any atom is -0.359 e. The van der Waals surface area contributed by atoms with E-state index in [0.717, 1.165) is 10.7 Å². The summed E-state index contributed by atoms with van der Waals surface area (Å²) in [4.78, 5) is 14.2. The molecule has 11 heteroatoms. The van der Waals surface area contributed by atoms with Gasteiger partial charge in [-0.05, 0) is 44.5 Å². The highest BCUT2D eigenvalue weighted by molar-refractivity contribution is 7.91. The van der Waals surface area contributed by atoms with Gasteiger partial charge in [0.2, 0.25) is 10.0 Å². The number of sulfonamides is 1. The lowest BCUT2D eigenvalue weighted by Gasteiger charge is -2.27. The largest absolute Gasteiger partial charge is 0.359 e. The fourth-order valence-corrected chi connectivity index (χ4v) is 4.49. The number of halogens is 3. The highest BCUT2D eigenvalue weighted by Gasteiger charge is 2.36. The molecular formula is C22H23F3N4O3S. The van der Waals surface area contributed by atoms with E-state index in [-0.39, 0.29) is 29.7 Å². The fourth-order valence-electron chi connectivity index (χ4n) is 3.83. The van der Waals surface area contributed by atoms with Crippen LogP contribution in [-0.2, 0) is 10.0 Å². The maximum Gasteiger partial charge on any atom is 0.268 e. The van der Waals surface area contributed by atoms with Crippen molar-refractivity contribution in [2.24, 2.45) is 0 Å². The molecule has 0 saturated carbocycles. The summed E-state index contributed by atoms with van der Waals surface area (Å²) in [5.74, 6) is -2.37. The standard InChI is InChI=1S/C22H23F3N4O3S/c1-22(2,3)33(31,32)27-21(30)16-11-26-29-8-7-17(19(25)20(16)29)28-12-15(24)10-18(28)13-5-4-6-14(23)9-13/h4-9,11,15,18H,10,12H2,1-3H3,(H,27,30)/t15-,18?/m0/s1. The number of pyridine rings is 1. The van der Waals surface area contributed by atoms with Gasteiger partial charge in [-0.1, -0.05) is 12.1 Å². The number of hydrogen-bond donors (Lipinski definition) is 1. The Labute approximate surface area is 189 Å². The molecule has 176 valence electrons. The number of fused-ring (bicyclic) bond motifs is 1. The summed E-state index contributed by atoms with van der Waals surface area (Å²) in [6.07, 6.45) is 1.25. The van der Waals surface area contributed by atoms with Crippen molar-refractivity contribution in [2.45, 2.75) is 44.2 Å². The summed E-state index contributed by atoms with van der Waals surface area (Å²) in [7, 11) is -4.04. The monoisotopic (exact) mass is 480 g/mol. The molecule has 2 atom stereocenters. The first-order valence-electron chi connectivity index (χ1n) is 10.3. The molecule has 0 bridgehead atoms. The molecule has 0 spiro atoms. The third-order valence-electron chi connectivity index (χ3n) is 5.67. The highest BCUT2D eigenvalue weighted by atomic mass is 32.2. The molecule has 1 fully saturated rings. The Morgan fingerprint density at radius 1 is 1.21 bits per heavy atom. The van der Waals surface area contributed by atoms with Crippen LogP contribution in [0.4, 0.5) is 18.9 Å². The molecule has 3 aromatic rings. The molecule has 1 aliphatic rings. The van der Waals surface area contributed by atoms with E-state index in [4.69, 9.17) is 0 Å². The Bertz CT molecular complexity index is 1330. The van der Waals surface area contributed by atoms with Crippen molar-refractivity contribution in [1.82, 2.24) is 14.3 Å². The van der Waals surface area contributed by atoms with Gasteiger partial charge in [-0.3, -0.25) is 4.79 Å². The van der Waals surface area contributed by atoms with Gasteiger partial charge in [-0.15, -0.1) is 0 Å². The average molecular weight is 481 g/mol. The predicted molar refractivity (Wildman–Crippen MR) is 117 cm³/mol. The molecule has 0 radical (unpaired) electrons. The van der Waals surface area contributed by atoms with Crippen LogP contribution in [0.2, 0.25) is 0 Å². The second-order valence-electron chi connectivity index (χ2n) is 8.97. The molecule has 7 nitrogen and oxygen atoms in total. The maximum absolute atomic E-state index is 15.7.